The normalized spacial score (nSPS) is 30.0. The van der Waals surface area contributed by atoms with Crippen molar-refractivity contribution in [2.75, 3.05) is 12.3 Å². The highest BCUT2D eigenvalue weighted by molar-refractivity contribution is 7.99. The summed E-state index contributed by atoms with van der Waals surface area (Å²) in [5, 5.41) is 31.2. The largest absolute Gasteiger partial charge is 0.394 e. The third kappa shape index (κ3) is 3.52. The zero-order chi connectivity index (χ0) is 19.0. The SMILES string of the molecule is Nc1ncnc2c1nc(SC1CCCCCC1)n2[C@@H]1O[C@H](CO)[C@@H](O)[C@H]1O. The highest BCUT2D eigenvalue weighted by Crippen LogP contribution is 2.39. The van der Waals surface area contributed by atoms with Gasteiger partial charge in [0.1, 0.15) is 24.6 Å². The fraction of sp³-hybridized carbons (Fsp3) is 0.706. The lowest BCUT2D eigenvalue weighted by Gasteiger charge is -2.21. The Morgan fingerprint density at radius 3 is 2.56 bits per heavy atom. The zero-order valence-electron chi connectivity index (χ0n) is 14.9. The maximum absolute atomic E-state index is 10.5. The first-order chi connectivity index (χ1) is 13.1. The van der Waals surface area contributed by atoms with Crippen LogP contribution in [0.1, 0.15) is 44.8 Å². The molecule has 5 N–H and O–H groups in total. The van der Waals surface area contributed by atoms with E-state index in [0.29, 0.717) is 21.6 Å². The molecule has 0 aromatic carbocycles. The number of aliphatic hydroxyl groups excluding tert-OH is 3. The predicted molar refractivity (Wildman–Crippen MR) is 100 cm³/mol. The van der Waals surface area contributed by atoms with E-state index in [1.165, 1.54) is 32.0 Å². The molecule has 0 bridgehead atoms. The molecule has 1 saturated heterocycles. The van der Waals surface area contributed by atoms with Gasteiger partial charge in [0, 0.05) is 5.25 Å². The van der Waals surface area contributed by atoms with Gasteiger partial charge in [-0.15, -0.1) is 0 Å². The van der Waals surface area contributed by atoms with Crippen molar-refractivity contribution >= 4 is 28.7 Å². The van der Waals surface area contributed by atoms with E-state index >= 15 is 0 Å². The summed E-state index contributed by atoms with van der Waals surface area (Å²) in [6, 6.07) is 0. The number of ether oxygens (including phenoxy) is 1. The number of nitrogens with zero attached hydrogens (tertiary/aromatic N) is 4. The first-order valence-corrected chi connectivity index (χ1v) is 10.3. The zero-order valence-corrected chi connectivity index (χ0v) is 15.8. The maximum atomic E-state index is 10.5. The summed E-state index contributed by atoms with van der Waals surface area (Å²) >= 11 is 1.63. The molecule has 1 aliphatic carbocycles. The van der Waals surface area contributed by atoms with Crippen LogP contribution in [0.25, 0.3) is 11.2 Å². The van der Waals surface area contributed by atoms with Crippen molar-refractivity contribution < 1.29 is 20.1 Å². The minimum absolute atomic E-state index is 0.258. The van der Waals surface area contributed by atoms with E-state index in [-0.39, 0.29) is 12.4 Å². The fourth-order valence-corrected chi connectivity index (χ4v) is 5.14. The van der Waals surface area contributed by atoms with E-state index in [2.05, 4.69) is 15.0 Å². The van der Waals surface area contributed by atoms with Crippen LogP contribution in [0.4, 0.5) is 5.82 Å². The number of hydrogen-bond donors (Lipinski definition) is 4. The summed E-state index contributed by atoms with van der Waals surface area (Å²) < 4.78 is 7.43. The number of imidazole rings is 1. The molecule has 1 aliphatic heterocycles. The molecular weight excluding hydrogens is 370 g/mol. The van der Waals surface area contributed by atoms with Gasteiger partial charge in [-0.25, -0.2) is 15.0 Å². The molecule has 0 amide bonds. The number of thioether (sulfide) groups is 1. The predicted octanol–water partition coefficient (Wildman–Crippen LogP) is 0.835. The highest BCUT2D eigenvalue weighted by Gasteiger charge is 2.45. The van der Waals surface area contributed by atoms with Gasteiger partial charge in [-0.2, -0.15) is 0 Å². The molecule has 4 atom stereocenters. The van der Waals surface area contributed by atoms with E-state index in [1.54, 1.807) is 16.3 Å². The molecule has 3 heterocycles. The van der Waals surface area contributed by atoms with Crippen molar-refractivity contribution in [2.45, 2.75) is 73.5 Å². The molecule has 9 nitrogen and oxygen atoms in total. The van der Waals surface area contributed by atoms with Crippen LogP contribution in [0.5, 0.6) is 0 Å². The molecule has 148 valence electrons. The summed E-state index contributed by atoms with van der Waals surface area (Å²) in [5.41, 5.74) is 6.88. The van der Waals surface area contributed by atoms with Gasteiger partial charge in [-0.05, 0) is 12.8 Å². The Balaban J connectivity index is 1.74. The van der Waals surface area contributed by atoms with Gasteiger partial charge in [0.25, 0.3) is 0 Å². The van der Waals surface area contributed by atoms with E-state index in [1.807, 2.05) is 0 Å². The number of fused-ring (bicyclic) bond motifs is 1. The first-order valence-electron chi connectivity index (χ1n) is 9.37. The van der Waals surface area contributed by atoms with Crippen LogP contribution in [0, 0.1) is 0 Å². The fourth-order valence-electron chi connectivity index (χ4n) is 3.82. The summed E-state index contributed by atoms with van der Waals surface area (Å²) in [6.07, 6.45) is 4.27. The first kappa shape index (κ1) is 18.9. The molecule has 4 rings (SSSR count). The average molecular weight is 395 g/mol. The lowest BCUT2D eigenvalue weighted by Crippen LogP contribution is -2.33. The van der Waals surface area contributed by atoms with Crippen LogP contribution >= 0.6 is 11.8 Å². The second kappa shape index (κ2) is 7.88. The lowest BCUT2D eigenvalue weighted by atomic mass is 10.1. The highest BCUT2D eigenvalue weighted by atomic mass is 32.2. The topological polar surface area (TPSA) is 140 Å². The van der Waals surface area contributed by atoms with Crippen LogP contribution < -0.4 is 5.73 Å². The van der Waals surface area contributed by atoms with Crippen molar-refractivity contribution in [1.29, 1.82) is 0 Å². The third-order valence-electron chi connectivity index (χ3n) is 5.32. The van der Waals surface area contributed by atoms with E-state index < -0.39 is 24.5 Å². The number of aromatic nitrogens is 4. The molecule has 1 saturated carbocycles. The summed E-state index contributed by atoms with van der Waals surface area (Å²) in [5.74, 6) is 0.258. The minimum Gasteiger partial charge on any atom is -0.394 e. The molecule has 2 aliphatic rings. The molecule has 0 spiro atoms. The average Bonchev–Trinajstić information content (AvgIpc) is 3.02. The Kier molecular flexibility index (Phi) is 5.51. The number of hydrogen-bond acceptors (Lipinski definition) is 9. The van der Waals surface area contributed by atoms with Gasteiger partial charge in [0.15, 0.2) is 28.4 Å². The van der Waals surface area contributed by atoms with Crippen molar-refractivity contribution in [2.24, 2.45) is 0 Å². The number of nitrogen functional groups attached to an aromatic ring is 1. The van der Waals surface area contributed by atoms with Crippen molar-refractivity contribution in [1.82, 2.24) is 19.5 Å². The summed E-state index contributed by atoms with van der Waals surface area (Å²) in [6.45, 7) is -0.385. The smallest absolute Gasteiger partial charge is 0.172 e. The van der Waals surface area contributed by atoms with Gasteiger partial charge < -0.3 is 25.8 Å². The molecule has 2 aromatic heterocycles. The Bertz CT molecular complexity index is 795. The Labute approximate surface area is 161 Å². The standard InChI is InChI=1S/C17H25N5O4S/c18-14-11-15(20-8-19-14)22(16-13(25)12(24)10(7-23)26-16)17(21-11)27-9-5-3-1-2-4-6-9/h8-10,12-13,16,23-25H,1-7H2,(H2,18,19,20)/t10-,12-,13-,16-/m1/s1. The molecule has 10 heteroatoms. The minimum atomic E-state index is -1.20. The van der Waals surface area contributed by atoms with Gasteiger partial charge in [0.05, 0.1) is 6.61 Å². The third-order valence-corrected chi connectivity index (χ3v) is 6.62. The Morgan fingerprint density at radius 2 is 1.89 bits per heavy atom. The van der Waals surface area contributed by atoms with Gasteiger partial charge in [0.2, 0.25) is 0 Å². The molecular formula is C17H25N5O4S. The summed E-state index contributed by atoms with van der Waals surface area (Å²) in [7, 11) is 0. The van der Waals surface area contributed by atoms with E-state index in [4.69, 9.17) is 10.5 Å². The molecule has 27 heavy (non-hydrogen) atoms. The Hall–Kier alpha value is -1.46. The van der Waals surface area contributed by atoms with Crippen molar-refractivity contribution in [3.63, 3.8) is 0 Å². The van der Waals surface area contributed by atoms with Crippen LogP contribution in [0.15, 0.2) is 11.5 Å². The number of anilines is 1. The van der Waals surface area contributed by atoms with E-state index in [9.17, 15) is 15.3 Å². The van der Waals surface area contributed by atoms with E-state index in [0.717, 1.165) is 12.8 Å². The number of aliphatic hydroxyl groups is 3. The quantitative estimate of drug-likeness (QED) is 0.554. The van der Waals surface area contributed by atoms with Crippen molar-refractivity contribution in [3.8, 4) is 0 Å². The Morgan fingerprint density at radius 1 is 1.15 bits per heavy atom. The van der Waals surface area contributed by atoms with Crippen LogP contribution in [0.3, 0.4) is 0 Å². The molecule has 2 aromatic rings. The lowest BCUT2D eigenvalue weighted by molar-refractivity contribution is -0.0548. The van der Waals surface area contributed by atoms with Gasteiger partial charge in [-0.1, -0.05) is 37.4 Å². The second-order valence-corrected chi connectivity index (χ2v) is 8.42. The summed E-state index contributed by atoms with van der Waals surface area (Å²) in [4.78, 5) is 12.9. The molecule has 0 unspecified atom stereocenters. The van der Waals surface area contributed by atoms with Crippen LogP contribution in [-0.2, 0) is 4.74 Å². The number of nitrogens with two attached hydrogens (primary N) is 1. The van der Waals surface area contributed by atoms with Crippen LogP contribution in [-0.4, -0.2) is 65.0 Å². The monoisotopic (exact) mass is 395 g/mol. The van der Waals surface area contributed by atoms with Gasteiger partial charge in [-0.3, -0.25) is 4.57 Å². The van der Waals surface area contributed by atoms with Gasteiger partial charge >= 0.3 is 0 Å². The second-order valence-electron chi connectivity index (χ2n) is 7.16. The molecule has 2 fully saturated rings. The number of rotatable bonds is 4. The van der Waals surface area contributed by atoms with Crippen molar-refractivity contribution in [3.05, 3.63) is 6.33 Å². The molecule has 0 radical (unpaired) electrons. The van der Waals surface area contributed by atoms with Crippen LogP contribution in [0.2, 0.25) is 0 Å². The maximum Gasteiger partial charge on any atom is 0.172 e.